The SMILES string of the molecule is COC1CC(C2[OH+]C3CC(O)CC4OC(C=CC5C(O)CC(O)C6C5O[C@@H](C5CCC(O)C(O)C5)[C@H](O)[C@H]6C5C(O)CC(O)C6C[C@H](O)[C@@H](C7CCC(O)C(O)C7)OC65)CC(C2O[C@H]2O[C@H](CO)[C@@H](O)[C@H](O)[C@H]2O)C43)CC(OC)C1O. The van der Waals surface area contributed by atoms with Crippen LogP contribution in [0.5, 0.6) is 0 Å². The molecule has 11 rings (SSSR count). The summed E-state index contributed by atoms with van der Waals surface area (Å²) in [6, 6.07) is 0. The standard InChI is InChI=1S/C57H92O24/c1-74-39-11-22(12-40(75-2)46(39)69)53-56(81-57-50(73)49(72)47(70)41(19-58)78-57)27-15-24(76-37-13-23(59)14-38(77-53)42(27)37)5-6-25-30(62)17-34(66)43-45(48(71)52(80-54(25)43)21-4-8-29(61)33(65)10-21)44-35(67)18-31(63)26-16-36(68)51(79-55(26)44)20-3-7-28(60)32(64)9-20/h5-6,20-73H,3-4,7-19H2,1-2H3/p+1/t20?,21?,22?,23?,24?,25?,26?,27?,28?,29?,30?,31?,32?,33?,34?,35?,36-,37?,38?,39?,40?,41+,42?,43?,44?,45+,46?,47+,48+,49-,50+,51+,52-,53?,54?,55?,56?,57+/m0/s1. The Kier molecular flexibility index (Phi) is 19.0. The maximum Gasteiger partial charge on any atom is 0.187 e. The molecule has 36 atom stereocenters. The van der Waals surface area contributed by atoms with E-state index in [0.717, 1.165) is 0 Å². The highest BCUT2D eigenvalue weighted by Gasteiger charge is 2.65. The normalized spacial score (nSPS) is 58.0. The van der Waals surface area contributed by atoms with Gasteiger partial charge < -0.3 is 120 Å². The molecule has 0 spiro atoms. The van der Waals surface area contributed by atoms with Crippen LogP contribution in [0, 0.1) is 59.2 Å². The zero-order valence-corrected chi connectivity index (χ0v) is 46.2. The molecule has 0 aromatic heterocycles. The van der Waals surface area contributed by atoms with Gasteiger partial charge in [-0.25, -0.2) is 0 Å². The lowest BCUT2D eigenvalue weighted by Gasteiger charge is -2.60. The smallest absolute Gasteiger partial charge is 0.187 e. The summed E-state index contributed by atoms with van der Waals surface area (Å²) in [5.74, 6) is -6.54. The Balaban J connectivity index is 0.930. The van der Waals surface area contributed by atoms with Crippen molar-refractivity contribution in [3.8, 4) is 0 Å². The van der Waals surface area contributed by atoms with Crippen LogP contribution >= 0.6 is 0 Å². The summed E-state index contributed by atoms with van der Waals surface area (Å²) < 4.78 is 50.5. The van der Waals surface area contributed by atoms with Gasteiger partial charge in [0.2, 0.25) is 0 Å². The lowest BCUT2D eigenvalue weighted by Crippen LogP contribution is -2.69. The average molecular weight is 1160 g/mol. The van der Waals surface area contributed by atoms with Crippen LogP contribution in [0.25, 0.3) is 0 Å². The van der Waals surface area contributed by atoms with Gasteiger partial charge in [0.1, 0.15) is 36.6 Å². The molecular weight excluding hydrogens is 1070 g/mol. The molecule has 26 unspecified atom stereocenters. The summed E-state index contributed by atoms with van der Waals surface area (Å²) in [6.45, 7) is -0.687. The predicted molar refractivity (Wildman–Crippen MR) is 277 cm³/mol. The first kappa shape index (κ1) is 61.4. The molecule has 464 valence electrons. The highest BCUT2D eigenvalue weighted by Crippen LogP contribution is 2.56. The fraction of sp³-hybridized carbons (Fsp3) is 0.965. The second-order valence-corrected chi connectivity index (χ2v) is 26.5. The minimum atomic E-state index is -1.74. The molecule has 5 heterocycles. The fourth-order valence-electron chi connectivity index (χ4n) is 18.0. The number of ether oxygens (including phenoxy) is 8. The third-order valence-corrected chi connectivity index (χ3v) is 22.0. The molecule has 17 N–H and O–H groups in total. The van der Waals surface area contributed by atoms with Crippen LogP contribution in [-0.2, 0) is 33.2 Å². The lowest BCUT2D eigenvalue weighted by atomic mass is 9.56. The van der Waals surface area contributed by atoms with Gasteiger partial charge in [-0.1, -0.05) is 12.2 Å². The Morgan fingerprint density at radius 1 is 0.444 bits per heavy atom. The Morgan fingerprint density at radius 2 is 1.06 bits per heavy atom. The summed E-state index contributed by atoms with van der Waals surface area (Å²) >= 11 is 0. The maximum atomic E-state index is 12.9. The summed E-state index contributed by atoms with van der Waals surface area (Å²) in [7, 11) is 3.00. The van der Waals surface area contributed by atoms with E-state index in [1.165, 1.54) is 14.2 Å². The van der Waals surface area contributed by atoms with Gasteiger partial charge in [-0.15, -0.1) is 0 Å². The highest BCUT2D eigenvalue weighted by atomic mass is 16.7. The molecular formula is C57H93O24+. The highest BCUT2D eigenvalue weighted by molar-refractivity contribution is 5.16. The largest absolute Gasteiger partial charge is 0.427 e. The summed E-state index contributed by atoms with van der Waals surface area (Å²) in [4.78, 5) is 0. The van der Waals surface area contributed by atoms with Crippen LogP contribution in [0.15, 0.2) is 12.2 Å². The van der Waals surface area contributed by atoms with Gasteiger partial charge in [0.25, 0.3) is 0 Å². The molecule has 5 aliphatic heterocycles. The van der Waals surface area contributed by atoms with Crippen LogP contribution in [0.4, 0.5) is 0 Å². The first-order valence-corrected chi connectivity index (χ1v) is 30.2. The van der Waals surface area contributed by atoms with E-state index in [0.29, 0.717) is 32.1 Å². The summed E-state index contributed by atoms with van der Waals surface area (Å²) in [5, 5.41) is 182. The molecule has 0 aromatic carbocycles. The third-order valence-electron chi connectivity index (χ3n) is 22.0. The van der Waals surface area contributed by atoms with Crippen molar-refractivity contribution in [3.63, 3.8) is 0 Å². The molecule has 24 heteroatoms. The van der Waals surface area contributed by atoms with Crippen molar-refractivity contribution >= 4 is 0 Å². The predicted octanol–water partition coefficient (Wildman–Crippen LogP) is -4.63. The summed E-state index contributed by atoms with van der Waals surface area (Å²) in [5.41, 5.74) is 0. The van der Waals surface area contributed by atoms with Crippen LogP contribution in [0.3, 0.4) is 0 Å². The number of hydrogen-bond donors (Lipinski definition) is 16. The number of hydrogen-bond acceptors (Lipinski definition) is 23. The molecule has 11 aliphatic rings. The van der Waals surface area contributed by atoms with E-state index in [9.17, 15) is 81.7 Å². The third kappa shape index (κ3) is 11.6. The molecule has 5 saturated heterocycles. The maximum absolute atomic E-state index is 12.9. The fourth-order valence-corrected chi connectivity index (χ4v) is 18.0. The molecule has 0 aromatic rings. The van der Waals surface area contributed by atoms with Crippen LogP contribution < -0.4 is 0 Å². The Hall–Kier alpha value is -1.22. The lowest BCUT2D eigenvalue weighted by molar-refractivity contribution is -0.379. The van der Waals surface area contributed by atoms with Gasteiger partial charge in [0, 0.05) is 74.9 Å². The Morgan fingerprint density at radius 3 is 1.69 bits per heavy atom. The van der Waals surface area contributed by atoms with Gasteiger partial charge in [-0.05, 0) is 82.5 Å². The molecule has 24 nitrogen and oxygen atoms in total. The van der Waals surface area contributed by atoms with Gasteiger partial charge >= 0.3 is 0 Å². The van der Waals surface area contributed by atoms with Crippen LogP contribution in [-0.4, -0.2) is 278 Å². The quantitative estimate of drug-likeness (QED) is 0.0683. The zero-order chi connectivity index (χ0) is 57.6. The monoisotopic (exact) mass is 1160 g/mol. The number of aliphatic hydroxyl groups is 18. The summed E-state index contributed by atoms with van der Waals surface area (Å²) in [6.07, 6.45) is -23.3. The van der Waals surface area contributed by atoms with Crippen molar-refractivity contribution in [2.24, 2.45) is 59.2 Å². The Labute approximate surface area is 471 Å². The first-order valence-electron chi connectivity index (χ1n) is 30.2. The number of rotatable bonds is 11. The van der Waals surface area contributed by atoms with Crippen molar-refractivity contribution in [1.82, 2.24) is 0 Å². The minimum Gasteiger partial charge on any atom is -0.427 e. The number of fused-ring (bicyclic) bond motifs is 2. The van der Waals surface area contributed by atoms with E-state index in [2.05, 4.69) is 0 Å². The number of aliphatic hydroxyl groups excluding tert-OH is 16. The van der Waals surface area contributed by atoms with Crippen molar-refractivity contribution in [3.05, 3.63) is 12.2 Å². The van der Waals surface area contributed by atoms with Crippen molar-refractivity contribution < 1.29 is 120 Å². The Bertz CT molecular complexity index is 2080. The van der Waals surface area contributed by atoms with E-state index in [1.807, 2.05) is 6.08 Å². The van der Waals surface area contributed by atoms with Crippen LogP contribution in [0.1, 0.15) is 89.9 Å². The van der Waals surface area contributed by atoms with E-state index in [-0.39, 0.29) is 75.5 Å². The minimum absolute atomic E-state index is 0.0588. The van der Waals surface area contributed by atoms with Gasteiger partial charge in [-0.2, -0.15) is 0 Å². The molecule has 6 saturated carbocycles. The van der Waals surface area contributed by atoms with Crippen molar-refractivity contribution in [2.75, 3.05) is 20.8 Å². The zero-order valence-electron chi connectivity index (χ0n) is 46.2. The molecule has 81 heavy (non-hydrogen) atoms. The second-order valence-electron chi connectivity index (χ2n) is 26.5. The van der Waals surface area contributed by atoms with Crippen LogP contribution in [0.2, 0.25) is 0 Å². The second kappa shape index (κ2) is 25.1. The molecule has 11 fully saturated rings. The van der Waals surface area contributed by atoms with E-state index < -0.39 is 219 Å². The molecule has 0 bridgehead atoms. The number of methoxy groups -OCH3 is 2. The van der Waals surface area contributed by atoms with E-state index in [1.54, 1.807) is 6.08 Å². The van der Waals surface area contributed by atoms with E-state index >= 15 is 0 Å². The molecule has 0 radical (unpaired) electrons. The van der Waals surface area contributed by atoms with Gasteiger partial charge in [0.15, 0.2) is 18.5 Å². The molecule has 0 amide bonds. The average Bonchev–Trinajstić information content (AvgIpc) is 3.63. The topological polar surface area (TPSA) is 401 Å². The van der Waals surface area contributed by atoms with Gasteiger partial charge in [-0.3, -0.25) is 0 Å². The first-order chi connectivity index (χ1) is 38.7. The van der Waals surface area contributed by atoms with Gasteiger partial charge in [0.05, 0.1) is 129 Å². The van der Waals surface area contributed by atoms with Crippen molar-refractivity contribution in [1.29, 1.82) is 0 Å². The van der Waals surface area contributed by atoms with Crippen molar-refractivity contribution in [2.45, 2.75) is 261 Å². The molecule has 6 aliphatic carbocycles. The van der Waals surface area contributed by atoms with E-state index in [4.69, 9.17) is 37.9 Å².